The second-order valence-electron chi connectivity index (χ2n) is 4.48. The molecule has 2 aromatic heterocycles. The lowest BCUT2D eigenvalue weighted by atomic mass is 10.2. The maximum Gasteiger partial charge on any atom is 0.275 e. The smallest absolute Gasteiger partial charge is 0.275 e. The van der Waals surface area contributed by atoms with Crippen LogP contribution in [0.25, 0.3) is 10.6 Å². The Morgan fingerprint density at radius 3 is 2.96 bits per heavy atom. The fourth-order valence-electron chi connectivity index (χ4n) is 1.91. The summed E-state index contributed by atoms with van der Waals surface area (Å²) in [4.78, 5) is 13.2. The first-order valence-electron chi connectivity index (χ1n) is 6.51. The van der Waals surface area contributed by atoms with Gasteiger partial charge in [-0.05, 0) is 17.5 Å². The van der Waals surface area contributed by atoms with Crippen molar-refractivity contribution in [2.24, 2.45) is 5.10 Å². The van der Waals surface area contributed by atoms with Gasteiger partial charge in [0.1, 0.15) is 0 Å². The number of thiophene rings is 1. The van der Waals surface area contributed by atoms with Crippen LogP contribution in [0.4, 0.5) is 0 Å². The van der Waals surface area contributed by atoms with Crippen molar-refractivity contribution >= 4 is 46.7 Å². The van der Waals surface area contributed by atoms with Crippen molar-refractivity contribution in [1.29, 1.82) is 0 Å². The standard InChI is InChI=1S/C15H10Cl2N4OS/c16-11-4-1-3-9(13(11)17)7-18-21-15(22)10-8-19-20-14(10)12-5-2-6-23-12/h1-8H,(H,19,20)(H,21,22)/b18-7-. The van der Waals surface area contributed by atoms with Crippen molar-refractivity contribution in [3.05, 3.63) is 63.1 Å². The Morgan fingerprint density at radius 1 is 1.30 bits per heavy atom. The van der Waals surface area contributed by atoms with Gasteiger partial charge in [0.05, 0.1) is 38.6 Å². The first-order chi connectivity index (χ1) is 11.2. The van der Waals surface area contributed by atoms with Gasteiger partial charge >= 0.3 is 0 Å². The van der Waals surface area contributed by atoms with E-state index in [1.165, 1.54) is 23.7 Å². The minimum atomic E-state index is -0.364. The fourth-order valence-corrected chi connectivity index (χ4v) is 3.00. The Kier molecular flexibility index (Phi) is 4.76. The molecule has 3 rings (SSSR count). The minimum Gasteiger partial charge on any atom is -0.276 e. The second kappa shape index (κ2) is 6.95. The van der Waals surface area contributed by atoms with Gasteiger partial charge in [0.15, 0.2) is 0 Å². The zero-order valence-corrected chi connectivity index (χ0v) is 13.9. The molecule has 0 bridgehead atoms. The van der Waals surface area contributed by atoms with Crippen LogP contribution in [0.15, 0.2) is 47.0 Å². The Morgan fingerprint density at radius 2 is 2.17 bits per heavy atom. The van der Waals surface area contributed by atoms with Crippen LogP contribution in [0.2, 0.25) is 10.0 Å². The largest absolute Gasteiger partial charge is 0.276 e. The van der Waals surface area contributed by atoms with Gasteiger partial charge in [-0.3, -0.25) is 9.89 Å². The maximum atomic E-state index is 12.2. The van der Waals surface area contributed by atoms with Crippen molar-refractivity contribution in [1.82, 2.24) is 15.6 Å². The molecule has 0 fully saturated rings. The van der Waals surface area contributed by atoms with E-state index in [1.54, 1.807) is 18.2 Å². The van der Waals surface area contributed by atoms with Gasteiger partial charge in [-0.25, -0.2) is 5.43 Å². The molecule has 0 atom stereocenters. The predicted molar refractivity (Wildman–Crippen MR) is 93.4 cm³/mol. The number of rotatable bonds is 4. The Bertz CT molecular complexity index is 858. The molecule has 0 spiro atoms. The average Bonchev–Trinajstić information content (AvgIpc) is 3.21. The second-order valence-corrected chi connectivity index (χ2v) is 6.21. The van der Waals surface area contributed by atoms with Crippen molar-refractivity contribution in [2.45, 2.75) is 0 Å². The van der Waals surface area contributed by atoms with Crippen molar-refractivity contribution in [3.8, 4) is 10.6 Å². The summed E-state index contributed by atoms with van der Waals surface area (Å²) in [5.41, 5.74) is 4.15. The van der Waals surface area contributed by atoms with Crippen molar-refractivity contribution in [2.75, 3.05) is 0 Å². The summed E-state index contributed by atoms with van der Waals surface area (Å²) in [5.74, 6) is -0.364. The van der Waals surface area contributed by atoms with Crippen molar-refractivity contribution in [3.63, 3.8) is 0 Å². The van der Waals surface area contributed by atoms with Crippen LogP contribution < -0.4 is 5.43 Å². The zero-order valence-electron chi connectivity index (χ0n) is 11.6. The molecule has 1 aromatic carbocycles. The highest BCUT2D eigenvalue weighted by atomic mass is 35.5. The summed E-state index contributed by atoms with van der Waals surface area (Å²) in [5, 5.41) is 13.4. The highest BCUT2D eigenvalue weighted by molar-refractivity contribution is 7.13. The monoisotopic (exact) mass is 364 g/mol. The highest BCUT2D eigenvalue weighted by Gasteiger charge is 2.15. The van der Waals surface area contributed by atoms with E-state index in [0.29, 0.717) is 26.9 Å². The molecule has 23 heavy (non-hydrogen) atoms. The van der Waals surface area contributed by atoms with E-state index < -0.39 is 0 Å². The third-order valence-corrected chi connectivity index (χ3v) is 4.72. The number of amides is 1. The summed E-state index contributed by atoms with van der Waals surface area (Å²) in [6, 6.07) is 8.99. The van der Waals surface area contributed by atoms with Crippen LogP contribution in [0.5, 0.6) is 0 Å². The molecule has 5 nitrogen and oxygen atoms in total. The van der Waals surface area contributed by atoms with Crippen LogP contribution in [-0.4, -0.2) is 22.3 Å². The number of carbonyl (C=O) groups excluding carboxylic acids is 1. The van der Waals surface area contributed by atoms with Crippen molar-refractivity contribution < 1.29 is 4.79 Å². The molecule has 0 aliphatic rings. The molecule has 8 heteroatoms. The number of hydrazone groups is 1. The Balaban J connectivity index is 1.75. The first-order valence-corrected chi connectivity index (χ1v) is 8.15. The molecule has 2 heterocycles. The highest BCUT2D eigenvalue weighted by Crippen LogP contribution is 2.26. The van der Waals surface area contributed by atoms with Gasteiger partial charge in [-0.1, -0.05) is 41.4 Å². The van der Waals surface area contributed by atoms with Gasteiger partial charge in [0, 0.05) is 5.56 Å². The average molecular weight is 365 g/mol. The number of nitrogens with one attached hydrogen (secondary N) is 2. The predicted octanol–water partition coefficient (Wildman–Crippen LogP) is 4.21. The number of benzene rings is 1. The summed E-state index contributed by atoms with van der Waals surface area (Å²) in [7, 11) is 0. The zero-order chi connectivity index (χ0) is 16.2. The van der Waals surface area contributed by atoms with Gasteiger partial charge < -0.3 is 0 Å². The third kappa shape index (κ3) is 3.44. The molecular weight excluding hydrogens is 355 g/mol. The van der Waals surface area contributed by atoms with E-state index in [0.717, 1.165) is 4.88 Å². The number of carbonyl (C=O) groups is 1. The molecule has 0 aliphatic carbocycles. The number of aromatic nitrogens is 2. The SMILES string of the molecule is O=C(N/N=C\c1cccc(Cl)c1Cl)c1cn[nH]c1-c1cccs1. The number of halogens is 2. The topological polar surface area (TPSA) is 70.1 Å². The molecule has 0 radical (unpaired) electrons. The number of hydrogen-bond acceptors (Lipinski definition) is 4. The lowest BCUT2D eigenvalue weighted by molar-refractivity contribution is 0.0956. The van der Waals surface area contributed by atoms with E-state index in [1.807, 2.05) is 17.5 Å². The van der Waals surface area contributed by atoms with Gasteiger partial charge in [0.25, 0.3) is 5.91 Å². The molecule has 1 amide bonds. The van der Waals surface area contributed by atoms with Gasteiger partial charge in [-0.2, -0.15) is 10.2 Å². The van der Waals surface area contributed by atoms with Gasteiger partial charge in [0.2, 0.25) is 0 Å². The van der Waals surface area contributed by atoms with Crippen LogP contribution in [0.1, 0.15) is 15.9 Å². The molecule has 0 saturated carbocycles. The van der Waals surface area contributed by atoms with E-state index in [4.69, 9.17) is 23.2 Å². The fraction of sp³-hybridized carbons (Fsp3) is 0. The first kappa shape index (κ1) is 15.7. The molecule has 0 unspecified atom stereocenters. The van der Waals surface area contributed by atoms with E-state index in [9.17, 15) is 4.79 Å². The molecule has 0 saturated heterocycles. The molecule has 116 valence electrons. The van der Waals surface area contributed by atoms with Crippen LogP contribution in [-0.2, 0) is 0 Å². The lowest BCUT2D eigenvalue weighted by Gasteiger charge is -2.01. The normalized spacial score (nSPS) is 11.0. The summed E-state index contributed by atoms with van der Waals surface area (Å²) >= 11 is 13.5. The van der Waals surface area contributed by atoms with Gasteiger partial charge in [-0.15, -0.1) is 11.3 Å². The quantitative estimate of drug-likeness (QED) is 0.537. The van der Waals surface area contributed by atoms with E-state index in [2.05, 4.69) is 20.7 Å². The number of aromatic amines is 1. The summed E-state index contributed by atoms with van der Waals surface area (Å²) < 4.78 is 0. The van der Waals surface area contributed by atoms with Crippen LogP contribution in [0.3, 0.4) is 0 Å². The molecular formula is C15H10Cl2N4OS. The number of H-pyrrole nitrogens is 1. The minimum absolute atomic E-state index is 0.364. The maximum absolute atomic E-state index is 12.2. The molecule has 3 aromatic rings. The summed E-state index contributed by atoms with van der Waals surface area (Å²) in [6.45, 7) is 0. The summed E-state index contributed by atoms with van der Waals surface area (Å²) in [6.07, 6.45) is 2.91. The Labute approximate surface area is 145 Å². The number of nitrogens with zero attached hydrogens (tertiary/aromatic N) is 2. The third-order valence-electron chi connectivity index (χ3n) is 3.00. The van der Waals surface area contributed by atoms with Crippen LogP contribution >= 0.6 is 34.5 Å². The van der Waals surface area contributed by atoms with E-state index in [-0.39, 0.29) is 5.91 Å². The molecule has 2 N–H and O–H groups in total. The molecule has 0 aliphatic heterocycles. The van der Waals surface area contributed by atoms with Crippen LogP contribution in [0, 0.1) is 0 Å². The number of hydrogen-bond donors (Lipinski definition) is 2. The Hall–Kier alpha value is -2.15. The lowest BCUT2D eigenvalue weighted by Crippen LogP contribution is -2.17. The van der Waals surface area contributed by atoms with E-state index >= 15 is 0 Å².